The number of halogens is 3. The number of aromatic nitrogens is 5. The van der Waals surface area contributed by atoms with Gasteiger partial charge >= 0.3 is 6.18 Å². The second-order valence-electron chi connectivity index (χ2n) is 8.08. The molecule has 0 saturated carbocycles. The van der Waals surface area contributed by atoms with Crippen LogP contribution in [0.2, 0.25) is 0 Å². The van der Waals surface area contributed by atoms with Crippen LogP contribution >= 0.6 is 11.3 Å². The van der Waals surface area contributed by atoms with E-state index in [9.17, 15) is 18.0 Å². The standard InChI is InChI=1S/C24H19F3N6OS/c1-13-17(14(2)33-23(28-13)31-22(32-33)24(25,26)27)12-20(34)29-16-9-7-15(8-10-16)11-21-30-18-5-3-4-6-19(18)35-21/h3-10H,11-12H2,1-2H3,(H,29,34). The maximum absolute atomic E-state index is 13.0. The summed E-state index contributed by atoms with van der Waals surface area (Å²) in [6.07, 6.45) is -4.05. The lowest BCUT2D eigenvalue weighted by Crippen LogP contribution is -2.17. The third-order valence-electron chi connectivity index (χ3n) is 5.57. The topological polar surface area (TPSA) is 85.1 Å². The molecule has 0 spiro atoms. The van der Waals surface area contributed by atoms with Crippen LogP contribution in [0.3, 0.4) is 0 Å². The molecule has 3 heterocycles. The van der Waals surface area contributed by atoms with Gasteiger partial charge in [-0.05, 0) is 43.7 Å². The number of para-hydroxylation sites is 1. The molecule has 5 aromatic rings. The van der Waals surface area contributed by atoms with Crippen molar-refractivity contribution < 1.29 is 18.0 Å². The molecule has 178 valence electrons. The molecule has 0 fully saturated rings. The van der Waals surface area contributed by atoms with Gasteiger partial charge in [-0.15, -0.1) is 16.4 Å². The molecular formula is C24H19F3N6OS. The number of hydrogen-bond acceptors (Lipinski definition) is 6. The van der Waals surface area contributed by atoms with Crippen molar-refractivity contribution in [2.45, 2.75) is 32.9 Å². The lowest BCUT2D eigenvalue weighted by molar-refractivity contribution is -0.144. The highest BCUT2D eigenvalue weighted by Crippen LogP contribution is 2.27. The summed E-state index contributed by atoms with van der Waals surface area (Å²) in [4.78, 5) is 24.9. The summed E-state index contributed by atoms with van der Waals surface area (Å²) in [7, 11) is 0. The number of fused-ring (bicyclic) bond motifs is 2. The Morgan fingerprint density at radius 2 is 1.77 bits per heavy atom. The number of thiazole rings is 1. The minimum absolute atomic E-state index is 0.0602. The molecule has 1 N–H and O–H groups in total. The predicted octanol–water partition coefficient (Wildman–Crippen LogP) is 5.14. The Bertz CT molecular complexity index is 1520. The fourth-order valence-corrected chi connectivity index (χ4v) is 4.83. The van der Waals surface area contributed by atoms with Crippen molar-refractivity contribution in [1.82, 2.24) is 24.6 Å². The molecule has 0 aliphatic rings. The van der Waals surface area contributed by atoms with Gasteiger partial charge in [-0.2, -0.15) is 18.2 Å². The van der Waals surface area contributed by atoms with Crippen molar-refractivity contribution in [3.05, 3.63) is 81.9 Å². The van der Waals surface area contributed by atoms with Gasteiger partial charge in [-0.1, -0.05) is 24.3 Å². The Balaban J connectivity index is 1.28. The number of nitrogens with zero attached hydrogens (tertiary/aromatic N) is 5. The van der Waals surface area contributed by atoms with E-state index in [1.807, 2.05) is 48.5 Å². The Hall–Kier alpha value is -3.86. The van der Waals surface area contributed by atoms with E-state index >= 15 is 0 Å². The number of nitrogens with one attached hydrogen (secondary N) is 1. The van der Waals surface area contributed by atoms with Crippen LogP contribution in [0.25, 0.3) is 16.0 Å². The van der Waals surface area contributed by atoms with E-state index in [1.54, 1.807) is 25.2 Å². The first-order valence-corrected chi connectivity index (χ1v) is 11.5. The molecular weight excluding hydrogens is 477 g/mol. The second-order valence-corrected chi connectivity index (χ2v) is 9.20. The maximum Gasteiger partial charge on any atom is 0.453 e. The van der Waals surface area contributed by atoms with E-state index in [2.05, 4.69) is 25.4 Å². The molecule has 0 aliphatic carbocycles. The van der Waals surface area contributed by atoms with E-state index in [0.717, 1.165) is 25.3 Å². The number of rotatable bonds is 5. The number of carbonyl (C=O) groups is 1. The molecule has 2 aromatic carbocycles. The SMILES string of the molecule is Cc1nc2nc(C(F)(F)F)nn2c(C)c1CC(=O)Nc1ccc(Cc2nc3ccccc3s2)cc1. The zero-order valence-electron chi connectivity index (χ0n) is 18.7. The summed E-state index contributed by atoms with van der Waals surface area (Å²) in [5, 5.41) is 7.36. The third kappa shape index (κ3) is 4.72. The Morgan fingerprint density at radius 3 is 2.49 bits per heavy atom. The van der Waals surface area contributed by atoms with Crippen molar-refractivity contribution in [3.63, 3.8) is 0 Å². The van der Waals surface area contributed by atoms with Gasteiger partial charge in [0.1, 0.15) is 0 Å². The summed E-state index contributed by atoms with van der Waals surface area (Å²) >= 11 is 1.65. The van der Waals surface area contributed by atoms with Crippen LogP contribution in [-0.4, -0.2) is 30.5 Å². The fraction of sp³-hybridized carbons (Fsp3) is 0.208. The summed E-state index contributed by atoms with van der Waals surface area (Å²) in [5.41, 5.74) is 3.98. The van der Waals surface area contributed by atoms with Gasteiger partial charge in [0.2, 0.25) is 5.91 Å². The minimum Gasteiger partial charge on any atom is -0.326 e. The predicted molar refractivity (Wildman–Crippen MR) is 126 cm³/mol. The van der Waals surface area contributed by atoms with Gasteiger partial charge in [0.15, 0.2) is 0 Å². The first-order chi connectivity index (χ1) is 16.7. The molecule has 0 atom stereocenters. The van der Waals surface area contributed by atoms with E-state index in [1.165, 1.54) is 0 Å². The van der Waals surface area contributed by atoms with Crippen LogP contribution in [0.5, 0.6) is 0 Å². The van der Waals surface area contributed by atoms with Gasteiger partial charge in [-0.3, -0.25) is 4.79 Å². The van der Waals surface area contributed by atoms with Crippen LogP contribution in [0.4, 0.5) is 18.9 Å². The summed E-state index contributed by atoms with van der Waals surface area (Å²) in [5.74, 6) is -1.73. The smallest absolute Gasteiger partial charge is 0.326 e. The summed E-state index contributed by atoms with van der Waals surface area (Å²) < 4.78 is 41.1. The molecule has 0 aliphatic heterocycles. The Morgan fingerprint density at radius 1 is 1.03 bits per heavy atom. The van der Waals surface area contributed by atoms with E-state index in [-0.39, 0.29) is 18.1 Å². The van der Waals surface area contributed by atoms with Crippen LogP contribution in [0, 0.1) is 13.8 Å². The number of anilines is 1. The molecule has 11 heteroatoms. The Kier molecular flexibility index (Phi) is 5.72. The van der Waals surface area contributed by atoms with E-state index in [4.69, 9.17) is 0 Å². The zero-order valence-corrected chi connectivity index (χ0v) is 19.5. The number of aryl methyl sites for hydroxylation is 2. The lowest BCUT2D eigenvalue weighted by Gasteiger charge is -2.11. The van der Waals surface area contributed by atoms with Crippen LogP contribution in [0.15, 0.2) is 48.5 Å². The molecule has 0 saturated heterocycles. The van der Waals surface area contributed by atoms with Gasteiger partial charge < -0.3 is 5.32 Å². The third-order valence-corrected chi connectivity index (χ3v) is 6.61. The minimum atomic E-state index is -4.68. The van der Waals surface area contributed by atoms with Crippen molar-refractivity contribution in [3.8, 4) is 0 Å². The molecule has 0 bridgehead atoms. The van der Waals surface area contributed by atoms with Crippen molar-refractivity contribution in [2.24, 2.45) is 0 Å². The largest absolute Gasteiger partial charge is 0.453 e. The zero-order chi connectivity index (χ0) is 24.7. The number of alkyl halides is 3. The van der Waals surface area contributed by atoms with Gasteiger partial charge in [0.05, 0.1) is 21.6 Å². The first kappa shape index (κ1) is 22.9. The monoisotopic (exact) mass is 496 g/mol. The number of amides is 1. The molecule has 0 radical (unpaired) electrons. The molecule has 1 amide bonds. The average Bonchev–Trinajstić information content (AvgIpc) is 3.42. The highest BCUT2D eigenvalue weighted by Gasteiger charge is 2.37. The van der Waals surface area contributed by atoms with Crippen LogP contribution < -0.4 is 5.32 Å². The number of benzene rings is 2. The van der Waals surface area contributed by atoms with Gasteiger partial charge in [-0.25, -0.2) is 14.5 Å². The van der Waals surface area contributed by atoms with Crippen LogP contribution in [0.1, 0.15) is 33.3 Å². The highest BCUT2D eigenvalue weighted by molar-refractivity contribution is 7.18. The fourth-order valence-electron chi connectivity index (χ4n) is 3.83. The molecule has 35 heavy (non-hydrogen) atoms. The highest BCUT2D eigenvalue weighted by atomic mass is 32.1. The lowest BCUT2D eigenvalue weighted by atomic mass is 10.1. The van der Waals surface area contributed by atoms with Crippen LogP contribution in [-0.2, 0) is 23.8 Å². The summed E-state index contributed by atoms with van der Waals surface area (Å²) in [6.45, 7) is 3.23. The second kappa shape index (κ2) is 8.73. The molecule has 7 nitrogen and oxygen atoms in total. The van der Waals surface area contributed by atoms with Gasteiger partial charge in [0, 0.05) is 29.1 Å². The normalized spacial score (nSPS) is 11.9. The molecule has 3 aromatic heterocycles. The van der Waals surface area contributed by atoms with Gasteiger partial charge in [0.25, 0.3) is 11.6 Å². The average molecular weight is 497 g/mol. The summed E-state index contributed by atoms with van der Waals surface area (Å²) in [6, 6.07) is 15.5. The van der Waals surface area contributed by atoms with Crippen molar-refractivity contribution in [2.75, 3.05) is 5.32 Å². The number of carbonyl (C=O) groups excluding carboxylic acids is 1. The maximum atomic E-state index is 13.0. The number of hydrogen-bond donors (Lipinski definition) is 1. The van der Waals surface area contributed by atoms with E-state index in [0.29, 0.717) is 29.1 Å². The quantitative estimate of drug-likeness (QED) is 0.364. The van der Waals surface area contributed by atoms with Crippen molar-refractivity contribution in [1.29, 1.82) is 0 Å². The molecule has 0 unspecified atom stereocenters. The Labute approximate surface area is 201 Å². The first-order valence-electron chi connectivity index (χ1n) is 10.7. The molecule has 5 rings (SSSR count). The van der Waals surface area contributed by atoms with E-state index < -0.39 is 12.0 Å². The van der Waals surface area contributed by atoms with Crippen molar-refractivity contribution >= 4 is 38.9 Å².